The minimum atomic E-state index is 0.384. The third kappa shape index (κ3) is 2.21. The quantitative estimate of drug-likeness (QED) is 0.841. The summed E-state index contributed by atoms with van der Waals surface area (Å²) in [5.41, 5.74) is 5.18. The Bertz CT molecular complexity index is 572. The largest absolute Gasteiger partial charge is 0.368 e. The van der Waals surface area contributed by atoms with Crippen molar-refractivity contribution < 1.29 is 4.52 Å². The predicted octanol–water partition coefficient (Wildman–Crippen LogP) is 3.99. The molecule has 0 radical (unpaired) electrons. The van der Waals surface area contributed by atoms with E-state index in [1.807, 2.05) is 0 Å². The van der Waals surface area contributed by atoms with Gasteiger partial charge in [-0.15, -0.1) is 0 Å². The molecule has 20 heavy (non-hydrogen) atoms. The Balaban J connectivity index is 2.01. The minimum Gasteiger partial charge on any atom is -0.368 e. The summed E-state index contributed by atoms with van der Waals surface area (Å²) < 4.78 is 5.31. The zero-order valence-electron chi connectivity index (χ0n) is 12.3. The van der Waals surface area contributed by atoms with Gasteiger partial charge < -0.3 is 9.42 Å². The number of rotatable bonds is 4. The summed E-state index contributed by atoms with van der Waals surface area (Å²) in [4.78, 5) is 2.32. The highest BCUT2D eigenvalue weighted by Crippen LogP contribution is 2.39. The van der Waals surface area contributed by atoms with Gasteiger partial charge in [0, 0.05) is 19.0 Å². The standard InChI is InChI=1S/C17H22N2O/c1-3-19(4-2)16-12-20-18-17(16)15-11-7-9-13-8-5-6-10-14(13)15/h5-6,8,10,12,15H,3-4,7,9,11H2,1-2H3. The Kier molecular flexibility index (Phi) is 3.77. The van der Waals surface area contributed by atoms with Crippen molar-refractivity contribution in [3.8, 4) is 0 Å². The Hall–Kier alpha value is -1.77. The van der Waals surface area contributed by atoms with Crippen molar-refractivity contribution in [2.24, 2.45) is 0 Å². The summed E-state index contributed by atoms with van der Waals surface area (Å²) in [6, 6.07) is 8.77. The smallest absolute Gasteiger partial charge is 0.147 e. The number of anilines is 1. The van der Waals surface area contributed by atoms with E-state index < -0.39 is 0 Å². The lowest BCUT2D eigenvalue weighted by atomic mass is 9.80. The van der Waals surface area contributed by atoms with Crippen LogP contribution in [0.1, 0.15) is 49.4 Å². The first-order valence-electron chi connectivity index (χ1n) is 7.62. The van der Waals surface area contributed by atoms with E-state index >= 15 is 0 Å². The number of hydrogen-bond donors (Lipinski definition) is 0. The number of fused-ring (bicyclic) bond motifs is 1. The molecule has 0 fully saturated rings. The van der Waals surface area contributed by atoms with Gasteiger partial charge in [0.15, 0.2) is 0 Å². The molecule has 0 N–H and O–H groups in total. The molecule has 0 spiro atoms. The first-order valence-corrected chi connectivity index (χ1v) is 7.62. The van der Waals surface area contributed by atoms with Crippen LogP contribution in [0.4, 0.5) is 5.69 Å². The summed E-state index contributed by atoms with van der Waals surface area (Å²) in [6.07, 6.45) is 5.38. The van der Waals surface area contributed by atoms with Crippen LogP contribution in [0.3, 0.4) is 0 Å². The molecule has 0 amide bonds. The molecule has 1 aromatic carbocycles. The third-order valence-electron chi connectivity index (χ3n) is 4.38. The maximum absolute atomic E-state index is 5.31. The van der Waals surface area contributed by atoms with Gasteiger partial charge in [-0.3, -0.25) is 0 Å². The Morgan fingerprint density at radius 3 is 2.85 bits per heavy atom. The first-order chi connectivity index (χ1) is 9.85. The molecule has 0 bridgehead atoms. The van der Waals surface area contributed by atoms with E-state index in [1.165, 1.54) is 24.0 Å². The van der Waals surface area contributed by atoms with Crippen LogP contribution in [0.2, 0.25) is 0 Å². The third-order valence-corrected chi connectivity index (χ3v) is 4.38. The lowest BCUT2D eigenvalue weighted by Crippen LogP contribution is -2.24. The van der Waals surface area contributed by atoms with Crippen LogP contribution in [0.25, 0.3) is 0 Å². The van der Waals surface area contributed by atoms with Gasteiger partial charge in [0.25, 0.3) is 0 Å². The van der Waals surface area contributed by atoms with Gasteiger partial charge in [0.05, 0.1) is 0 Å². The van der Waals surface area contributed by atoms with Crippen molar-refractivity contribution >= 4 is 5.69 Å². The predicted molar refractivity (Wildman–Crippen MR) is 81.3 cm³/mol. The zero-order chi connectivity index (χ0) is 13.9. The summed E-state index contributed by atoms with van der Waals surface area (Å²) in [6.45, 7) is 6.32. The summed E-state index contributed by atoms with van der Waals surface area (Å²) in [7, 11) is 0. The molecule has 0 aliphatic heterocycles. The first kappa shape index (κ1) is 13.2. The number of aryl methyl sites for hydroxylation is 1. The van der Waals surface area contributed by atoms with Gasteiger partial charge in [-0.25, -0.2) is 0 Å². The van der Waals surface area contributed by atoms with Crippen LogP contribution in [0.15, 0.2) is 35.1 Å². The highest BCUT2D eigenvalue weighted by Gasteiger charge is 2.27. The fourth-order valence-corrected chi connectivity index (χ4v) is 3.32. The molecule has 3 heteroatoms. The lowest BCUT2D eigenvalue weighted by Gasteiger charge is -2.27. The van der Waals surface area contributed by atoms with E-state index in [2.05, 4.69) is 48.2 Å². The minimum absolute atomic E-state index is 0.384. The van der Waals surface area contributed by atoms with E-state index in [0.717, 1.165) is 30.9 Å². The van der Waals surface area contributed by atoms with Gasteiger partial charge in [-0.1, -0.05) is 29.4 Å². The molecule has 1 aromatic heterocycles. The van der Waals surface area contributed by atoms with Crippen LogP contribution in [-0.4, -0.2) is 18.2 Å². The lowest BCUT2D eigenvalue weighted by molar-refractivity contribution is 0.404. The molecule has 2 aromatic rings. The van der Waals surface area contributed by atoms with Crippen molar-refractivity contribution in [2.45, 2.75) is 39.0 Å². The summed E-state index contributed by atoms with van der Waals surface area (Å²) >= 11 is 0. The van der Waals surface area contributed by atoms with Gasteiger partial charge in [0.1, 0.15) is 17.6 Å². The molecule has 3 rings (SSSR count). The van der Waals surface area contributed by atoms with Crippen molar-refractivity contribution in [2.75, 3.05) is 18.0 Å². The van der Waals surface area contributed by atoms with E-state index in [4.69, 9.17) is 4.52 Å². The average Bonchev–Trinajstić information content (AvgIpc) is 2.97. The number of hydrogen-bond acceptors (Lipinski definition) is 3. The molecule has 1 aliphatic rings. The van der Waals surface area contributed by atoms with Crippen LogP contribution < -0.4 is 4.90 Å². The van der Waals surface area contributed by atoms with E-state index in [9.17, 15) is 0 Å². The molecular formula is C17H22N2O. The molecule has 106 valence electrons. The molecule has 0 saturated heterocycles. The van der Waals surface area contributed by atoms with E-state index in [-0.39, 0.29) is 0 Å². The number of nitrogens with zero attached hydrogens (tertiary/aromatic N) is 2. The van der Waals surface area contributed by atoms with E-state index in [0.29, 0.717) is 5.92 Å². The Labute approximate surface area is 120 Å². The molecule has 1 aliphatic carbocycles. The van der Waals surface area contributed by atoms with Crippen LogP contribution in [0, 0.1) is 0 Å². The Morgan fingerprint density at radius 2 is 2.05 bits per heavy atom. The summed E-state index contributed by atoms with van der Waals surface area (Å²) in [5, 5.41) is 4.34. The molecule has 1 heterocycles. The highest BCUT2D eigenvalue weighted by atomic mass is 16.5. The second-order valence-corrected chi connectivity index (χ2v) is 5.40. The number of benzene rings is 1. The fourth-order valence-electron chi connectivity index (χ4n) is 3.32. The van der Waals surface area contributed by atoms with Crippen molar-refractivity contribution in [1.29, 1.82) is 0 Å². The Morgan fingerprint density at radius 1 is 1.25 bits per heavy atom. The maximum Gasteiger partial charge on any atom is 0.147 e. The van der Waals surface area contributed by atoms with Crippen LogP contribution >= 0.6 is 0 Å². The second-order valence-electron chi connectivity index (χ2n) is 5.40. The van der Waals surface area contributed by atoms with Gasteiger partial charge in [-0.2, -0.15) is 0 Å². The van der Waals surface area contributed by atoms with Gasteiger partial charge in [-0.05, 0) is 44.2 Å². The highest BCUT2D eigenvalue weighted by molar-refractivity contribution is 5.53. The second kappa shape index (κ2) is 5.70. The SMILES string of the molecule is CCN(CC)c1conc1C1CCCc2ccccc21. The molecule has 1 unspecified atom stereocenters. The number of aromatic nitrogens is 1. The zero-order valence-corrected chi connectivity index (χ0v) is 12.3. The maximum atomic E-state index is 5.31. The van der Waals surface area contributed by atoms with Gasteiger partial charge in [0.2, 0.25) is 0 Å². The summed E-state index contributed by atoms with van der Waals surface area (Å²) in [5.74, 6) is 0.384. The topological polar surface area (TPSA) is 29.3 Å². The monoisotopic (exact) mass is 270 g/mol. The van der Waals surface area contributed by atoms with Crippen LogP contribution in [-0.2, 0) is 6.42 Å². The molecule has 1 atom stereocenters. The molecule has 0 saturated carbocycles. The fraction of sp³-hybridized carbons (Fsp3) is 0.471. The molecular weight excluding hydrogens is 248 g/mol. The van der Waals surface area contributed by atoms with Crippen molar-refractivity contribution in [1.82, 2.24) is 5.16 Å². The van der Waals surface area contributed by atoms with E-state index in [1.54, 1.807) is 6.26 Å². The average molecular weight is 270 g/mol. The van der Waals surface area contributed by atoms with Crippen molar-refractivity contribution in [3.05, 3.63) is 47.3 Å². The van der Waals surface area contributed by atoms with Gasteiger partial charge >= 0.3 is 0 Å². The van der Waals surface area contributed by atoms with Crippen molar-refractivity contribution in [3.63, 3.8) is 0 Å². The normalized spacial score (nSPS) is 17.8. The van der Waals surface area contributed by atoms with Crippen LogP contribution in [0.5, 0.6) is 0 Å². The molecule has 3 nitrogen and oxygen atoms in total.